The van der Waals surface area contributed by atoms with Gasteiger partial charge in [-0.05, 0) is 71.1 Å². The van der Waals surface area contributed by atoms with E-state index in [-0.39, 0.29) is 11.9 Å². The number of carbonyl (C=O) groups is 2. The van der Waals surface area contributed by atoms with Crippen LogP contribution in [0.25, 0.3) is 0 Å². The quantitative estimate of drug-likeness (QED) is 0.647. The Kier molecular flexibility index (Phi) is 9.65. The lowest BCUT2D eigenvalue weighted by molar-refractivity contribution is -0.124. The van der Waals surface area contributed by atoms with Crippen LogP contribution in [0.3, 0.4) is 0 Å². The molecule has 0 bridgehead atoms. The lowest BCUT2D eigenvalue weighted by Gasteiger charge is -2.24. The number of para-hydroxylation sites is 1. The van der Waals surface area contributed by atoms with E-state index in [4.69, 9.17) is 9.47 Å². The van der Waals surface area contributed by atoms with Gasteiger partial charge in [-0.15, -0.1) is 0 Å². The number of ether oxygens (including phenoxy) is 2. The number of amides is 2. The molecule has 0 heterocycles. The van der Waals surface area contributed by atoms with Gasteiger partial charge in [0.25, 0.3) is 0 Å². The maximum Gasteiger partial charge on any atom is 0.408 e. The van der Waals surface area contributed by atoms with Gasteiger partial charge in [-0.2, -0.15) is 11.8 Å². The Bertz CT molecular complexity index is 638. The molecule has 0 aliphatic rings. The molecule has 2 atom stereocenters. The fraction of sp³-hybridized carbons (Fsp3) is 0.619. The number of nitrogens with one attached hydrogen (secondary N) is 2. The lowest BCUT2D eigenvalue weighted by atomic mass is 10.1. The molecule has 0 saturated heterocycles. The second-order valence-electron chi connectivity index (χ2n) is 7.92. The first kappa shape index (κ1) is 24.1. The van der Waals surface area contributed by atoms with Gasteiger partial charge in [0.2, 0.25) is 5.91 Å². The van der Waals surface area contributed by atoms with E-state index in [1.165, 1.54) is 0 Å². The van der Waals surface area contributed by atoms with Gasteiger partial charge in [0.05, 0.1) is 6.04 Å². The first-order valence-corrected chi connectivity index (χ1v) is 10.9. The average molecular weight is 411 g/mol. The number of rotatable bonds is 9. The van der Waals surface area contributed by atoms with Crippen molar-refractivity contribution in [2.45, 2.75) is 65.6 Å². The summed E-state index contributed by atoms with van der Waals surface area (Å²) in [6.45, 7) is 11.6. The molecule has 7 heteroatoms. The van der Waals surface area contributed by atoms with Crippen LogP contribution in [0.1, 0.15) is 45.2 Å². The van der Waals surface area contributed by atoms with E-state index in [1.807, 2.05) is 45.2 Å². The number of carbonyl (C=O) groups excluding carboxylic acids is 2. The van der Waals surface area contributed by atoms with Gasteiger partial charge < -0.3 is 20.1 Å². The Morgan fingerprint density at radius 1 is 1.14 bits per heavy atom. The van der Waals surface area contributed by atoms with Gasteiger partial charge in [0, 0.05) is 0 Å². The van der Waals surface area contributed by atoms with Crippen molar-refractivity contribution >= 4 is 23.8 Å². The molecule has 1 rings (SSSR count). The molecule has 0 aliphatic carbocycles. The van der Waals surface area contributed by atoms with Gasteiger partial charge in [-0.25, -0.2) is 4.79 Å². The van der Waals surface area contributed by atoms with Crippen LogP contribution in [0.5, 0.6) is 5.75 Å². The summed E-state index contributed by atoms with van der Waals surface area (Å²) in [5, 5.41) is 5.60. The van der Waals surface area contributed by atoms with Crippen LogP contribution < -0.4 is 15.4 Å². The number of benzene rings is 1. The number of thioether (sulfide) groups is 1. The van der Waals surface area contributed by atoms with E-state index in [0.717, 1.165) is 22.6 Å². The monoisotopic (exact) mass is 410 g/mol. The molecule has 0 spiro atoms. The van der Waals surface area contributed by atoms with E-state index in [1.54, 1.807) is 32.5 Å². The number of hydrogen-bond donors (Lipinski definition) is 2. The zero-order valence-electron chi connectivity index (χ0n) is 18.0. The molecule has 1 unspecified atom stereocenters. The molecule has 0 aliphatic heterocycles. The number of aryl methyl sites for hydroxylation is 2. The SMILES string of the molecule is CSCC[C@H](NC(=O)OC(C)(C)C)C(=O)NC(C)COc1c(C)cccc1C. The van der Waals surface area contributed by atoms with Crippen molar-refractivity contribution < 1.29 is 19.1 Å². The molecular formula is C21H34N2O4S. The van der Waals surface area contributed by atoms with Crippen molar-refractivity contribution in [3.8, 4) is 5.75 Å². The van der Waals surface area contributed by atoms with E-state index in [0.29, 0.717) is 13.0 Å². The predicted octanol–water partition coefficient (Wildman–Crippen LogP) is 3.83. The summed E-state index contributed by atoms with van der Waals surface area (Å²) in [6.07, 6.45) is 1.90. The smallest absolute Gasteiger partial charge is 0.408 e. The first-order valence-electron chi connectivity index (χ1n) is 9.51. The van der Waals surface area contributed by atoms with Gasteiger partial charge in [-0.3, -0.25) is 4.79 Å². The van der Waals surface area contributed by atoms with Crippen molar-refractivity contribution in [3.63, 3.8) is 0 Å². The summed E-state index contributed by atoms with van der Waals surface area (Å²) in [6, 6.07) is 5.12. The standard InChI is InChI=1S/C21H34N2O4S/c1-14-9-8-10-15(2)18(14)26-13-16(3)22-19(24)17(11-12-28-7)23-20(25)27-21(4,5)6/h8-10,16-17H,11-13H2,1-7H3,(H,22,24)(H,23,25)/t16?,17-/m0/s1. The third-order valence-corrected chi connectivity index (χ3v) is 4.54. The molecule has 1 aromatic carbocycles. The molecule has 2 N–H and O–H groups in total. The molecule has 28 heavy (non-hydrogen) atoms. The van der Waals surface area contributed by atoms with Crippen molar-refractivity contribution in [3.05, 3.63) is 29.3 Å². The number of hydrogen-bond acceptors (Lipinski definition) is 5. The highest BCUT2D eigenvalue weighted by molar-refractivity contribution is 7.98. The zero-order valence-corrected chi connectivity index (χ0v) is 18.9. The lowest BCUT2D eigenvalue weighted by Crippen LogP contribution is -2.51. The molecule has 0 saturated carbocycles. The topological polar surface area (TPSA) is 76.7 Å². The molecule has 0 radical (unpaired) electrons. The second-order valence-corrected chi connectivity index (χ2v) is 8.91. The molecule has 0 aromatic heterocycles. The van der Waals surface area contributed by atoms with Crippen LogP contribution in [-0.4, -0.2) is 48.3 Å². The molecular weight excluding hydrogens is 376 g/mol. The van der Waals surface area contributed by atoms with E-state index < -0.39 is 17.7 Å². The fourth-order valence-corrected chi connectivity index (χ4v) is 3.05. The Morgan fingerprint density at radius 2 is 1.75 bits per heavy atom. The minimum Gasteiger partial charge on any atom is -0.491 e. The van der Waals surface area contributed by atoms with Gasteiger partial charge in [0.1, 0.15) is 24.0 Å². The summed E-state index contributed by atoms with van der Waals surface area (Å²) < 4.78 is 11.2. The second kappa shape index (κ2) is 11.2. The molecule has 0 fully saturated rings. The van der Waals surface area contributed by atoms with Gasteiger partial charge in [-0.1, -0.05) is 18.2 Å². The van der Waals surface area contributed by atoms with Crippen molar-refractivity contribution in [2.24, 2.45) is 0 Å². The molecule has 158 valence electrons. The van der Waals surface area contributed by atoms with Crippen LogP contribution in [0.2, 0.25) is 0 Å². The Hall–Kier alpha value is -1.89. The Morgan fingerprint density at radius 3 is 2.29 bits per heavy atom. The maximum atomic E-state index is 12.7. The highest BCUT2D eigenvalue weighted by Crippen LogP contribution is 2.22. The van der Waals surface area contributed by atoms with Crippen LogP contribution >= 0.6 is 11.8 Å². The molecule has 1 aromatic rings. The highest BCUT2D eigenvalue weighted by Gasteiger charge is 2.25. The van der Waals surface area contributed by atoms with Crippen LogP contribution in [0.4, 0.5) is 4.79 Å². The van der Waals surface area contributed by atoms with Crippen molar-refractivity contribution in [2.75, 3.05) is 18.6 Å². The summed E-state index contributed by atoms with van der Waals surface area (Å²) in [5.41, 5.74) is 1.50. The molecule has 2 amide bonds. The molecule has 6 nitrogen and oxygen atoms in total. The summed E-state index contributed by atoms with van der Waals surface area (Å²) in [4.78, 5) is 24.7. The van der Waals surface area contributed by atoms with E-state index >= 15 is 0 Å². The maximum absolute atomic E-state index is 12.7. The Labute approximate surface area is 173 Å². The van der Waals surface area contributed by atoms with Gasteiger partial charge >= 0.3 is 6.09 Å². The predicted molar refractivity (Wildman–Crippen MR) is 115 cm³/mol. The van der Waals surface area contributed by atoms with Crippen molar-refractivity contribution in [1.82, 2.24) is 10.6 Å². The summed E-state index contributed by atoms with van der Waals surface area (Å²) >= 11 is 1.62. The van der Waals surface area contributed by atoms with E-state index in [2.05, 4.69) is 10.6 Å². The van der Waals surface area contributed by atoms with Crippen molar-refractivity contribution in [1.29, 1.82) is 0 Å². The average Bonchev–Trinajstić information content (AvgIpc) is 2.56. The zero-order chi connectivity index (χ0) is 21.3. The largest absolute Gasteiger partial charge is 0.491 e. The summed E-state index contributed by atoms with van der Waals surface area (Å²) in [5.74, 6) is 1.35. The van der Waals surface area contributed by atoms with Crippen LogP contribution in [-0.2, 0) is 9.53 Å². The minimum absolute atomic E-state index is 0.205. The van der Waals surface area contributed by atoms with Crippen LogP contribution in [0.15, 0.2) is 18.2 Å². The third kappa shape index (κ3) is 8.87. The van der Waals surface area contributed by atoms with Gasteiger partial charge in [0.15, 0.2) is 0 Å². The Balaban J connectivity index is 2.63. The first-order chi connectivity index (χ1) is 13.0. The summed E-state index contributed by atoms with van der Waals surface area (Å²) in [7, 11) is 0. The number of alkyl carbamates (subject to hydrolysis) is 1. The third-order valence-electron chi connectivity index (χ3n) is 3.89. The normalized spacial score (nSPS) is 13.4. The fourth-order valence-electron chi connectivity index (χ4n) is 2.57. The minimum atomic E-state index is -0.648. The van der Waals surface area contributed by atoms with E-state index in [9.17, 15) is 9.59 Å². The highest BCUT2D eigenvalue weighted by atomic mass is 32.2. The van der Waals surface area contributed by atoms with Crippen LogP contribution in [0, 0.1) is 13.8 Å².